The molecule has 0 fully saturated rings. The summed E-state index contributed by atoms with van der Waals surface area (Å²) >= 11 is 0. The first-order valence-electron chi connectivity index (χ1n) is 7.08. The molecule has 0 saturated carbocycles. The summed E-state index contributed by atoms with van der Waals surface area (Å²) in [5.41, 5.74) is 1.68. The average molecular weight is 309 g/mol. The van der Waals surface area contributed by atoms with Crippen LogP contribution in [0.2, 0.25) is 0 Å². The van der Waals surface area contributed by atoms with Gasteiger partial charge in [0.25, 0.3) is 5.56 Å². The topological polar surface area (TPSA) is 74.1 Å². The predicted molar refractivity (Wildman–Crippen MR) is 85.9 cm³/mol. The van der Waals surface area contributed by atoms with Gasteiger partial charge in [-0.15, -0.1) is 0 Å². The SMILES string of the molecule is COc1ncccc1C(=O)Cn1cnc2ccc(C)cc2c1=O. The Kier molecular flexibility index (Phi) is 3.89. The minimum absolute atomic E-state index is 0.113. The van der Waals surface area contributed by atoms with E-state index >= 15 is 0 Å². The number of fused-ring (bicyclic) bond motifs is 1. The number of nitrogens with zero attached hydrogens (tertiary/aromatic N) is 3. The van der Waals surface area contributed by atoms with Crippen LogP contribution >= 0.6 is 0 Å². The molecular formula is C17H15N3O3. The maximum Gasteiger partial charge on any atom is 0.261 e. The molecule has 0 aliphatic heterocycles. The Hall–Kier alpha value is -3.02. The fraction of sp³-hybridized carbons (Fsp3) is 0.176. The van der Waals surface area contributed by atoms with Gasteiger partial charge >= 0.3 is 0 Å². The molecule has 3 aromatic rings. The molecule has 23 heavy (non-hydrogen) atoms. The summed E-state index contributed by atoms with van der Waals surface area (Å²) in [6.45, 7) is 1.79. The van der Waals surface area contributed by atoms with Gasteiger partial charge in [0.05, 0.1) is 36.4 Å². The van der Waals surface area contributed by atoms with Crippen LogP contribution in [0.4, 0.5) is 0 Å². The number of rotatable bonds is 4. The van der Waals surface area contributed by atoms with Crippen LogP contribution in [0.1, 0.15) is 15.9 Å². The molecule has 0 unspecified atom stereocenters. The number of ketones is 1. The predicted octanol–water partition coefficient (Wildman–Crippen LogP) is 1.99. The zero-order valence-electron chi connectivity index (χ0n) is 12.8. The van der Waals surface area contributed by atoms with E-state index in [4.69, 9.17) is 4.74 Å². The van der Waals surface area contributed by atoms with E-state index in [1.54, 1.807) is 30.5 Å². The first-order valence-corrected chi connectivity index (χ1v) is 7.08. The molecule has 3 rings (SSSR count). The van der Waals surface area contributed by atoms with Crippen LogP contribution in [0.3, 0.4) is 0 Å². The molecule has 0 atom stereocenters. The van der Waals surface area contributed by atoms with Gasteiger partial charge in [0.1, 0.15) is 0 Å². The van der Waals surface area contributed by atoms with Crippen molar-refractivity contribution < 1.29 is 9.53 Å². The molecule has 2 heterocycles. The summed E-state index contributed by atoms with van der Waals surface area (Å²) in [7, 11) is 1.45. The van der Waals surface area contributed by atoms with Gasteiger partial charge in [-0.2, -0.15) is 0 Å². The molecule has 0 aliphatic rings. The largest absolute Gasteiger partial charge is 0.480 e. The van der Waals surface area contributed by atoms with Gasteiger partial charge in [-0.25, -0.2) is 9.97 Å². The third-order valence-electron chi connectivity index (χ3n) is 3.56. The van der Waals surface area contributed by atoms with Gasteiger partial charge in [-0.05, 0) is 31.2 Å². The van der Waals surface area contributed by atoms with Crippen molar-refractivity contribution in [2.75, 3.05) is 7.11 Å². The van der Waals surface area contributed by atoms with Gasteiger partial charge in [-0.1, -0.05) is 11.6 Å². The standard InChI is InChI=1S/C17H15N3O3/c1-11-5-6-14-13(8-11)17(22)20(10-19-14)9-15(21)12-4-3-7-18-16(12)23-2/h3-8,10H,9H2,1-2H3. The molecule has 0 N–H and O–H groups in total. The van der Waals surface area contributed by atoms with Crippen molar-refractivity contribution in [3.8, 4) is 5.88 Å². The second kappa shape index (κ2) is 6.00. The third-order valence-corrected chi connectivity index (χ3v) is 3.56. The molecule has 6 heteroatoms. The highest BCUT2D eigenvalue weighted by molar-refractivity contribution is 5.98. The van der Waals surface area contributed by atoms with Gasteiger partial charge in [-0.3, -0.25) is 14.2 Å². The molecule has 0 amide bonds. The zero-order chi connectivity index (χ0) is 16.4. The van der Waals surface area contributed by atoms with Crippen LogP contribution in [-0.4, -0.2) is 27.4 Å². The lowest BCUT2D eigenvalue weighted by Gasteiger charge is -2.08. The fourth-order valence-corrected chi connectivity index (χ4v) is 2.39. The number of hydrogen-bond acceptors (Lipinski definition) is 5. The highest BCUT2D eigenvalue weighted by Gasteiger charge is 2.15. The minimum atomic E-state index is -0.258. The first kappa shape index (κ1) is 14.9. The van der Waals surface area contributed by atoms with Crippen molar-refractivity contribution in [2.45, 2.75) is 13.5 Å². The highest BCUT2D eigenvalue weighted by Crippen LogP contribution is 2.15. The lowest BCUT2D eigenvalue weighted by molar-refractivity contribution is 0.0967. The van der Waals surface area contributed by atoms with E-state index in [0.29, 0.717) is 16.5 Å². The summed E-state index contributed by atoms with van der Waals surface area (Å²) in [4.78, 5) is 33.2. The van der Waals surface area contributed by atoms with E-state index in [-0.39, 0.29) is 23.8 Å². The van der Waals surface area contributed by atoms with Crippen molar-refractivity contribution in [2.24, 2.45) is 0 Å². The van der Waals surface area contributed by atoms with Crippen LogP contribution < -0.4 is 10.3 Å². The summed E-state index contributed by atoms with van der Waals surface area (Å²) in [5.74, 6) is -0.0130. The molecule has 2 aromatic heterocycles. The van der Waals surface area contributed by atoms with Crippen molar-refractivity contribution >= 4 is 16.7 Å². The normalized spacial score (nSPS) is 10.7. The number of carbonyl (C=O) groups is 1. The quantitative estimate of drug-likeness (QED) is 0.689. The first-order chi connectivity index (χ1) is 11.1. The van der Waals surface area contributed by atoms with Crippen LogP contribution in [0, 0.1) is 6.92 Å². The van der Waals surface area contributed by atoms with E-state index in [1.165, 1.54) is 18.0 Å². The molecule has 0 spiro atoms. The lowest BCUT2D eigenvalue weighted by atomic mass is 10.1. The highest BCUT2D eigenvalue weighted by atomic mass is 16.5. The van der Waals surface area contributed by atoms with E-state index in [9.17, 15) is 9.59 Å². The molecule has 6 nitrogen and oxygen atoms in total. The molecule has 116 valence electrons. The van der Waals surface area contributed by atoms with E-state index in [1.807, 2.05) is 13.0 Å². The monoisotopic (exact) mass is 309 g/mol. The van der Waals surface area contributed by atoms with Crippen LogP contribution in [0.25, 0.3) is 10.9 Å². The minimum Gasteiger partial charge on any atom is -0.480 e. The number of Topliss-reactive ketones (excluding diaryl/α,β-unsaturated/α-hetero) is 1. The fourth-order valence-electron chi connectivity index (χ4n) is 2.39. The van der Waals surface area contributed by atoms with Gasteiger partial charge in [0.15, 0.2) is 5.78 Å². The maximum atomic E-state index is 12.5. The molecular weight excluding hydrogens is 294 g/mol. The number of carbonyl (C=O) groups excluding carboxylic acids is 1. The summed E-state index contributed by atoms with van der Waals surface area (Å²) in [6.07, 6.45) is 2.93. The number of aromatic nitrogens is 3. The number of benzene rings is 1. The average Bonchev–Trinajstić information content (AvgIpc) is 2.57. The van der Waals surface area contributed by atoms with Gasteiger partial charge < -0.3 is 4.74 Å². The van der Waals surface area contributed by atoms with Crippen molar-refractivity contribution in [1.82, 2.24) is 14.5 Å². The Labute approximate surface area is 132 Å². The van der Waals surface area contributed by atoms with Gasteiger partial charge in [0.2, 0.25) is 5.88 Å². The van der Waals surface area contributed by atoms with Crippen molar-refractivity contribution in [3.63, 3.8) is 0 Å². The summed E-state index contributed by atoms with van der Waals surface area (Å²) in [5, 5.41) is 0.499. The molecule has 1 aromatic carbocycles. The summed E-state index contributed by atoms with van der Waals surface area (Å²) in [6, 6.07) is 8.74. The van der Waals surface area contributed by atoms with Crippen LogP contribution in [-0.2, 0) is 6.54 Å². The zero-order valence-corrected chi connectivity index (χ0v) is 12.8. The second-order valence-electron chi connectivity index (χ2n) is 5.18. The Bertz CT molecular complexity index is 947. The van der Waals surface area contributed by atoms with E-state index in [0.717, 1.165) is 5.56 Å². The Morgan fingerprint density at radius 2 is 2.09 bits per heavy atom. The Balaban J connectivity index is 2.00. The van der Waals surface area contributed by atoms with E-state index in [2.05, 4.69) is 9.97 Å². The third kappa shape index (κ3) is 2.83. The molecule has 0 bridgehead atoms. The number of hydrogen-bond donors (Lipinski definition) is 0. The number of methoxy groups -OCH3 is 1. The smallest absolute Gasteiger partial charge is 0.261 e. The second-order valence-corrected chi connectivity index (χ2v) is 5.18. The maximum absolute atomic E-state index is 12.5. The number of aryl methyl sites for hydroxylation is 1. The van der Waals surface area contributed by atoms with Crippen LogP contribution in [0.5, 0.6) is 5.88 Å². The Morgan fingerprint density at radius 1 is 1.26 bits per heavy atom. The summed E-state index contributed by atoms with van der Waals surface area (Å²) < 4.78 is 6.39. The lowest BCUT2D eigenvalue weighted by Crippen LogP contribution is -2.25. The molecule has 0 saturated heterocycles. The number of pyridine rings is 1. The molecule has 0 aliphatic carbocycles. The molecule has 0 radical (unpaired) electrons. The Morgan fingerprint density at radius 3 is 2.87 bits per heavy atom. The van der Waals surface area contributed by atoms with Crippen molar-refractivity contribution in [3.05, 3.63) is 64.3 Å². The number of ether oxygens (including phenoxy) is 1. The van der Waals surface area contributed by atoms with Gasteiger partial charge in [0, 0.05) is 6.20 Å². The van der Waals surface area contributed by atoms with E-state index < -0.39 is 0 Å². The van der Waals surface area contributed by atoms with Crippen LogP contribution in [0.15, 0.2) is 47.7 Å². The van der Waals surface area contributed by atoms with Crippen molar-refractivity contribution in [1.29, 1.82) is 0 Å².